The van der Waals surface area contributed by atoms with Crippen LogP contribution in [0, 0.1) is 5.82 Å². The smallest absolute Gasteiger partial charge is 0.394 e. The summed E-state index contributed by atoms with van der Waals surface area (Å²) in [4.78, 5) is 22.6. The molecule has 3 N–H and O–H groups in total. The van der Waals surface area contributed by atoms with E-state index in [2.05, 4.69) is 31.4 Å². The van der Waals surface area contributed by atoms with Gasteiger partial charge in [0.2, 0.25) is 0 Å². The van der Waals surface area contributed by atoms with Crippen LogP contribution in [0.1, 0.15) is 31.9 Å². The molecule has 0 aliphatic carbocycles. The first-order chi connectivity index (χ1) is 13.1. The molecular weight excluding hydrogens is 383 g/mol. The quantitative estimate of drug-likeness (QED) is 0.633. The molecule has 5 nitrogen and oxygen atoms in total. The molecule has 0 saturated carbocycles. The van der Waals surface area contributed by atoms with Crippen molar-refractivity contribution in [2.75, 3.05) is 11.9 Å². The van der Waals surface area contributed by atoms with E-state index in [1.165, 1.54) is 18.2 Å². The summed E-state index contributed by atoms with van der Waals surface area (Å²) >= 11 is 6.09. The summed E-state index contributed by atoms with van der Waals surface area (Å²) in [6.07, 6.45) is 0.253. The largest absolute Gasteiger partial charge is 0.474 e. The Hall–Kier alpha value is -2.60. The molecule has 0 saturated heterocycles. The van der Waals surface area contributed by atoms with Crippen molar-refractivity contribution in [1.29, 1.82) is 0 Å². The van der Waals surface area contributed by atoms with Gasteiger partial charge in [-0.15, -0.1) is 0 Å². The minimum atomic E-state index is -1.56. The van der Waals surface area contributed by atoms with Crippen LogP contribution in [0.15, 0.2) is 42.5 Å². The summed E-state index contributed by atoms with van der Waals surface area (Å²) in [7, 11) is 0. The predicted octanol–water partition coefficient (Wildman–Crippen LogP) is 4.00. The van der Waals surface area contributed by atoms with Crippen molar-refractivity contribution in [3.63, 3.8) is 0 Å². The first-order valence-corrected chi connectivity index (χ1v) is 9.27. The zero-order valence-electron chi connectivity index (χ0n) is 16.1. The number of para-hydroxylation sites is 1. The molecule has 0 fully saturated rings. The molecule has 2 aromatic carbocycles. The Morgan fingerprint density at radius 1 is 1.18 bits per heavy atom. The molecule has 1 atom stereocenters. The standard InChI is InChI=1S/C21H24ClFN2O3/c1-21(2,3)16-6-4-5-7-18(16)24-12-15(25-19(26)20(27)28)10-13-8-9-14(23)11-17(13)22/h4-9,11,15,24H,10,12H2,1-3H3,(H,25,26)(H,27,28). The highest BCUT2D eigenvalue weighted by molar-refractivity contribution is 6.32. The average molecular weight is 407 g/mol. The number of nitrogens with one attached hydrogen (secondary N) is 2. The van der Waals surface area contributed by atoms with E-state index in [4.69, 9.17) is 16.7 Å². The van der Waals surface area contributed by atoms with Crippen LogP contribution in [0.2, 0.25) is 5.02 Å². The second-order valence-corrected chi connectivity index (χ2v) is 8.00. The van der Waals surface area contributed by atoms with E-state index in [0.29, 0.717) is 5.56 Å². The van der Waals surface area contributed by atoms with E-state index in [9.17, 15) is 14.0 Å². The van der Waals surface area contributed by atoms with Gasteiger partial charge in [0.25, 0.3) is 0 Å². The number of benzene rings is 2. The van der Waals surface area contributed by atoms with Gasteiger partial charge in [0.15, 0.2) is 0 Å². The van der Waals surface area contributed by atoms with Gasteiger partial charge in [-0.2, -0.15) is 0 Å². The van der Waals surface area contributed by atoms with E-state index in [0.717, 1.165) is 11.3 Å². The van der Waals surface area contributed by atoms with Crippen molar-refractivity contribution in [2.45, 2.75) is 38.6 Å². The number of amides is 1. The van der Waals surface area contributed by atoms with Crippen molar-refractivity contribution < 1.29 is 19.1 Å². The molecule has 2 aromatic rings. The minimum absolute atomic E-state index is 0.0936. The van der Waals surface area contributed by atoms with E-state index in [1.54, 1.807) is 0 Å². The Bertz CT molecular complexity index is 865. The Morgan fingerprint density at radius 2 is 1.86 bits per heavy atom. The second kappa shape index (κ2) is 9.06. The molecule has 0 aromatic heterocycles. The zero-order valence-corrected chi connectivity index (χ0v) is 16.8. The lowest BCUT2D eigenvalue weighted by Gasteiger charge is -2.25. The normalized spacial score (nSPS) is 12.3. The molecule has 1 unspecified atom stereocenters. The van der Waals surface area contributed by atoms with Crippen molar-refractivity contribution in [3.8, 4) is 0 Å². The number of carbonyl (C=O) groups is 2. The van der Waals surface area contributed by atoms with Crippen molar-refractivity contribution in [3.05, 3.63) is 64.4 Å². The lowest BCUT2D eigenvalue weighted by Crippen LogP contribution is -2.44. The fraction of sp³-hybridized carbons (Fsp3) is 0.333. The Morgan fingerprint density at radius 3 is 2.46 bits per heavy atom. The zero-order chi connectivity index (χ0) is 20.9. The summed E-state index contributed by atoms with van der Waals surface area (Å²) in [6.45, 7) is 6.56. The third-order valence-corrected chi connectivity index (χ3v) is 4.64. The van der Waals surface area contributed by atoms with Gasteiger partial charge in [0, 0.05) is 17.3 Å². The Kier molecular flexibility index (Phi) is 7.02. The number of carboxylic acid groups (broad SMARTS) is 1. The first-order valence-electron chi connectivity index (χ1n) is 8.89. The highest BCUT2D eigenvalue weighted by Crippen LogP contribution is 2.29. The van der Waals surface area contributed by atoms with Crippen LogP contribution in [0.4, 0.5) is 10.1 Å². The number of anilines is 1. The van der Waals surface area contributed by atoms with E-state index < -0.39 is 23.7 Å². The topological polar surface area (TPSA) is 78.4 Å². The van der Waals surface area contributed by atoms with E-state index >= 15 is 0 Å². The van der Waals surface area contributed by atoms with Crippen molar-refractivity contribution in [1.82, 2.24) is 5.32 Å². The van der Waals surface area contributed by atoms with Gasteiger partial charge in [0.1, 0.15) is 5.82 Å². The molecular formula is C21H24ClFN2O3. The van der Waals surface area contributed by atoms with Gasteiger partial charge in [-0.05, 0) is 41.2 Å². The fourth-order valence-electron chi connectivity index (χ4n) is 2.90. The van der Waals surface area contributed by atoms with Crippen LogP contribution in [-0.4, -0.2) is 29.6 Å². The number of hydrogen-bond donors (Lipinski definition) is 3. The maximum absolute atomic E-state index is 13.3. The monoisotopic (exact) mass is 406 g/mol. The van der Waals surface area contributed by atoms with Crippen molar-refractivity contribution >= 4 is 29.2 Å². The Balaban J connectivity index is 2.21. The molecule has 1 amide bonds. The van der Waals surface area contributed by atoms with Gasteiger partial charge in [-0.25, -0.2) is 9.18 Å². The van der Waals surface area contributed by atoms with E-state index in [-0.39, 0.29) is 23.4 Å². The first kappa shape index (κ1) is 21.7. The number of aliphatic carboxylic acids is 1. The van der Waals surface area contributed by atoms with Crippen LogP contribution in [-0.2, 0) is 21.4 Å². The summed E-state index contributed by atoms with van der Waals surface area (Å²) in [5.74, 6) is -3.13. The summed E-state index contributed by atoms with van der Waals surface area (Å²) in [6, 6.07) is 11.2. The number of carboxylic acids is 1. The summed E-state index contributed by atoms with van der Waals surface area (Å²) in [5, 5.41) is 14.9. The maximum atomic E-state index is 13.3. The van der Waals surface area contributed by atoms with Gasteiger partial charge < -0.3 is 15.7 Å². The minimum Gasteiger partial charge on any atom is -0.474 e. The lowest BCUT2D eigenvalue weighted by molar-refractivity contribution is -0.150. The molecule has 2 rings (SSSR count). The van der Waals surface area contributed by atoms with Gasteiger partial charge in [0.05, 0.1) is 6.04 Å². The molecule has 0 aliphatic rings. The van der Waals surface area contributed by atoms with Crippen LogP contribution in [0.3, 0.4) is 0 Å². The van der Waals surface area contributed by atoms with Gasteiger partial charge in [-0.1, -0.05) is 56.6 Å². The van der Waals surface area contributed by atoms with E-state index in [1.807, 2.05) is 24.3 Å². The third kappa shape index (κ3) is 5.96. The SMILES string of the molecule is CC(C)(C)c1ccccc1NCC(Cc1ccc(F)cc1Cl)NC(=O)C(=O)O. The fourth-order valence-corrected chi connectivity index (χ4v) is 3.14. The number of hydrogen-bond acceptors (Lipinski definition) is 3. The summed E-state index contributed by atoms with van der Waals surface area (Å²) in [5.41, 5.74) is 2.52. The molecule has 0 radical (unpaired) electrons. The predicted molar refractivity (Wildman–Crippen MR) is 108 cm³/mol. The van der Waals surface area contributed by atoms with Crippen LogP contribution >= 0.6 is 11.6 Å². The molecule has 0 aliphatic heterocycles. The number of halogens is 2. The molecule has 0 spiro atoms. The van der Waals surface area contributed by atoms with Gasteiger partial charge >= 0.3 is 11.9 Å². The number of carbonyl (C=O) groups excluding carboxylic acids is 1. The highest BCUT2D eigenvalue weighted by Gasteiger charge is 2.21. The highest BCUT2D eigenvalue weighted by atomic mass is 35.5. The maximum Gasteiger partial charge on any atom is 0.394 e. The molecule has 0 heterocycles. The number of rotatable bonds is 6. The molecule has 150 valence electrons. The van der Waals surface area contributed by atoms with Crippen LogP contribution in [0.5, 0.6) is 0 Å². The van der Waals surface area contributed by atoms with Crippen molar-refractivity contribution in [2.24, 2.45) is 0 Å². The van der Waals surface area contributed by atoms with Crippen LogP contribution < -0.4 is 10.6 Å². The van der Waals surface area contributed by atoms with Gasteiger partial charge in [-0.3, -0.25) is 4.79 Å². The average Bonchev–Trinajstić information content (AvgIpc) is 2.61. The summed E-state index contributed by atoms with van der Waals surface area (Å²) < 4.78 is 13.3. The Labute approximate surface area is 168 Å². The molecule has 7 heteroatoms. The lowest BCUT2D eigenvalue weighted by atomic mass is 9.86. The van der Waals surface area contributed by atoms with Crippen LogP contribution in [0.25, 0.3) is 0 Å². The second-order valence-electron chi connectivity index (χ2n) is 7.59. The third-order valence-electron chi connectivity index (χ3n) is 4.28. The molecule has 0 bridgehead atoms. The molecule has 28 heavy (non-hydrogen) atoms.